The third kappa shape index (κ3) is 15.0. The molecule has 254 valence electrons. The fourth-order valence-electron chi connectivity index (χ4n) is 4.96. The summed E-state index contributed by atoms with van der Waals surface area (Å²) in [4.78, 5) is 40.7. The van der Waals surface area contributed by atoms with Crippen LogP contribution < -0.4 is 24.8 Å². The van der Waals surface area contributed by atoms with E-state index in [1.54, 1.807) is 43.6 Å². The number of methoxy groups -OCH3 is 1. The lowest BCUT2D eigenvalue weighted by Gasteiger charge is -2.18. The number of hydrogen-bond acceptors (Lipinski definition) is 8. The minimum absolute atomic E-state index is 0.207. The van der Waals surface area contributed by atoms with Gasteiger partial charge >= 0.3 is 5.97 Å². The van der Waals surface area contributed by atoms with Crippen LogP contribution in [0.3, 0.4) is 0 Å². The van der Waals surface area contributed by atoms with Crippen LogP contribution in [-0.4, -0.2) is 60.7 Å². The number of Topliss-reactive ketones (excluding diaryl/α,β-unsaturated/α-hetero) is 1. The molecule has 3 rings (SSSR count). The lowest BCUT2D eigenvalue weighted by Crippen LogP contribution is -2.38. The number of nitrogens with zero attached hydrogens (tertiary/aromatic N) is 1. The predicted octanol–water partition coefficient (Wildman–Crippen LogP) is 6.88. The number of amides is 1. The topological polar surface area (TPSA) is 136 Å². The molecule has 1 aromatic heterocycles. The highest BCUT2D eigenvalue weighted by Crippen LogP contribution is 2.17. The third-order valence-corrected chi connectivity index (χ3v) is 7.57. The van der Waals surface area contributed by atoms with E-state index in [0.717, 1.165) is 49.2 Å². The number of hydrogen-bond donors (Lipinski definition) is 3. The van der Waals surface area contributed by atoms with Gasteiger partial charge in [-0.1, -0.05) is 38.3 Å². The average Bonchev–Trinajstić information content (AvgIpc) is 3.07. The van der Waals surface area contributed by atoms with Gasteiger partial charge in [-0.3, -0.25) is 14.4 Å². The largest absolute Gasteiger partial charge is 0.497 e. The summed E-state index contributed by atoms with van der Waals surface area (Å²) < 4.78 is 16.8. The average molecular weight is 648 g/mol. The smallest absolute Gasteiger partial charge is 0.305 e. The third-order valence-electron chi connectivity index (χ3n) is 7.57. The maximum Gasteiger partial charge on any atom is 0.305 e. The van der Waals surface area contributed by atoms with Crippen LogP contribution >= 0.6 is 0 Å². The first-order valence-corrected chi connectivity index (χ1v) is 16.6. The molecule has 0 fully saturated rings. The molecule has 0 radical (unpaired) electrons. The number of ketones is 1. The minimum atomic E-state index is -0.991. The Labute approximate surface area is 278 Å². The molecule has 0 spiro atoms. The first-order valence-electron chi connectivity index (χ1n) is 16.6. The Morgan fingerprint density at radius 3 is 2.13 bits per heavy atom. The van der Waals surface area contributed by atoms with Crippen LogP contribution in [0.2, 0.25) is 0 Å². The number of anilines is 1. The zero-order valence-electron chi connectivity index (χ0n) is 27.7. The van der Waals surface area contributed by atoms with E-state index in [-0.39, 0.29) is 12.3 Å². The van der Waals surface area contributed by atoms with Crippen molar-refractivity contribution in [1.82, 2.24) is 10.3 Å². The highest BCUT2D eigenvalue weighted by Gasteiger charge is 2.18. The van der Waals surface area contributed by atoms with Crippen molar-refractivity contribution in [1.29, 1.82) is 0 Å². The standard InChI is InChI=1S/C37H49N3O7/c1-3-4-5-6-10-31(41)11-7-8-23-46-33-18-14-29(15-19-33)37(44)40-30(26-36(42)43)25-28-12-16-32(17-13-28)47-24-9-21-38-35-27-34(45-2)20-22-39-35/h12-20,22,27,30H,3-11,21,23-26H2,1-2H3,(H,38,39)(H,40,44)(H,42,43)/t30-/m0/s1. The van der Waals surface area contributed by atoms with E-state index in [9.17, 15) is 19.5 Å². The van der Waals surface area contributed by atoms with Gasteiger partial charge < -0.3 is 30.0 Å². The molecule has 0 unspecified atom stereocenters. The molecule has 10 nitrogen and oxygen atoms in total. The van der Waals surface area contributed by atoms with Gasteiger partial charge in [0, 0.05) is 43.3 Å². The molecule has 3 aromatic rings. The summed E-state index contributed by atoms with van der Waals surface area (Å²) in [6, 6.07) is 17.3. The van der Waals surface area contributed by atoms with E-state index >= 15 is 0 Å². The number of nitrogens with one attached hydrogen (secondary N) is 2. The van der Waals surface area contributed by atoms with E-state index in [1.807, 2.05) is 30.3 Å². The molecule has 0 saturated heterocycles. The lowest BCUT2D eigenvalue weighted by atomic mass is 10.0. The lowest BCUT2D eigenvalue weighted by molar-refractivity contribution is -0.137. The molecule has 1 amide bonds. The van der Waals surface area contributed by atoms with Crippen molar-refractivity contribution in [2.75, 3.05) is 32.2 Å². The summed E-state index contributed by atoms with van der Waals surface area (Å²) in [6.07, 6.45) is 9.90. The van der Waals surface area contributed by atoms with E-state index in [0.29, 0.717) is 61.9 Å². The minimum Gasteiger partial charge on any atom is -0.497 e. The van der Waals surface area contributed by atoms with Crippen molar-refractivity contribution in [2.24, 2.45) is 0 Å². The highest BCUT2D eigenvalue weighted by molar-refractivity contribution is 5.94. The Kier molecular flexibility index (Phi) is 16.7. The molecule has 47 heavy (non-hydrogen) atoms. The zero-order valence-corrected chi connectivity index (χ0v) is 27.7. The number of pyridine rings is 1. The number of aromatic nitrogens is 1. The Hall–Kier alpha value is -4.60. The van der Waals surface area contributed by atoms with E-state index in [2.05, 4.69) is 22.5 Å². The molecular formula is C37H49N3O7. The second kappa shape index (κ2) is 21.2. The normalized spacial score (nSPS) is 11.4. The zero-order chi connectivity index (χ0) is 33.7. The predicted molar refractivity (Wildman–Crippen MR) is 183 cm³/mol. The maximum absolute atomic E-state index is 12.9. The number of aliphatic carboxylic acids is 1. The Morgan fingerprint density at radius 2 is 1.47 bits per heavy atom. The SMILES string of the molecule is CCCCCCC(=O)CCCCOc1ccc(C(=O)N[C@H](CC(=O)O)Cc2ccc(OCCCNc3cc(OC)ccn3)cc2)cc1. The molecule has 0 aliphatic heterocycles. The van der Waals surface area contributed by atoms with Crippen LogP contribution in [-0.2, 0) is 16.0 Å². The number of benzene rings is 2. The summed E-state index contributed by atoms with van der Waals surface area (Å²) >= 11 is 0. The summed E-state index contributed by atoms with van der Waals surface area (Å²) in [5.41, 5.74) is 1.30. The molecule has 1 atom stereocenters. The van der Waals surface area contributed by atoms with E-state index in [1.165, 1.54) is 12.8 Å². The molecule has 0 bridgehead atoms. The first-order chi connectivity index (χ1) is 22.9. The summed E-state index contributed by atoms with van der Waals surface area (Å²) in [5.74, 6) is 1.81. The van der Waals surface area contributed by atoms with Crippen LogP contribution in [0.5, 0.6) is 17.2 Å². The molecule has 2 aromatic carbocycles. The second-order valence-electron chi connectivity index (χ2n) is 11.5. The van der Waals surface area contributed by atoms with Crippen LogP contribution in [0.4, 0.5) is 5.82 Å². The number of unbranched alkanes of at least 4 members (excludes halogenated alkanes) is 4. The monoisotopic (exact) mass is 647 g/mol. The van der Waals surface area contributed by atoms with Gasteiger partial charge in [-0.2, -0.15) is 0 Å². The Bertz CT molecular complexity index is 1360. The van der Waals surface area contributed by atoms with Gasteiger partial charge in [0.15, 0.2) is 0 Å². The van der Waals surface area contributed by atoms with Crippen molar-refractivity contribution in [3.05, 3.63) is 78.0 Å². The number of carboxylic acids is 1. The number of carbonyl (C=O) groups is 3. The molecule has 0 saturated carbocycles. The summed E-state index contributed by atoms with van der Waals surface area (Å²) in [7, 11) is 1.61. The van der Waals surface area contributed by atoms with E-state index < -0.39 is 12.0 Å². The van der Waals surface area contributed by atoms with Crippen LogP contribution in [0.1, 0.15) is 87.1 Å². The second-order valence-corrected chi connectivity index (χ2v) is 11.5. The number of ether oxygens (including phenoxy) is 3. The Morgan fingerprint density at radius 1 is 0.809 bits per heavy atom. The van der Waals surface area contributed by atoms with Gasteiger partial charge in [-0.15, -0.1) is 0 Å². The molecular weight excluding hydrogens is 598 g/mol. The van der Waals surface area contributed by atoms with Crippen molar-refractivity contribution < 1.29 is 33.7 Å². The van der Waals surface area contributed by atoms with Gasteiger partial charge in [0.25, 0.3) is 5.91 Å². The van der Waals surface area contributed by atoms with Crippen molar-refractivity contribution in [2.45, 2.75) is 83.6 Å². The van der Waals surface area contributed by atoms with Gasteiger partial charge in [-0.25, -0.2) is 4.98 Å². The van der Waals surface area contributed by atoms with E-state index in [4.69, 9.17) is 14.2 Å². The van der Waals surface area contributed by atoms with Crippen molar-refractivity contribution >= 4 is 23.5 Å². The number of rotatable bonds is 24. The molecule has 10 heteroatoms. The molecule has 1 heterocycles. The van der Waals surface area contributed by atoms with Crippen LogP contribution in [0.25, 0.3) is 0 Å². The first kappa shape index (κ1) is 36.9. The maximum atomic E-state index is 12.9. The van der Waals surface area contributed by atoms with Crippen molar-refractivity contribution in [3.8, 4) is 17.2 Å². The number of carboxylic acid groups (broad SMARTS) is 1. The summed E-state index contributed by atoms with van der Waals surface area (Å²) in [6.45, 7) is 3.86. The van der Waals surface area contributed by atoms with Gasteiger partial charge in [0.05, 0.1) is 26.7 Å². The molecule has 0 aliphatic rings. The summed E-state index contributed by atoms with van der Waals surface area (Å²) in [5, 5.41) is 15.6. The number of carbonyl (C=O) groups excluding carboxylic acids is 2. The van der Waals surface area contributed by atoms with Crippen LogP contribution in [0, 0.1) is 0 Å². The fraction of sp³-hybridized carbons (Fsp3) is 0.459. The molecule has 0 aliphatic carbocycles. The molecule has 3 N–H and O–H groups in total. The quantitative estimate of drug-likeness (QED) is 0.0890. The Balaban J connectivity index is 1.37. The van der Waals surface area contributed by atoms with Gasteiger partial charge in [-0.05, 0) is 80.1 Å². The van der Waals surface area contributed by atoms with Gasteiger partial charge in [0.1, 0.15) is 28.8 Å². The van der Waals surface area contributed by atoms with Crippen LogP contribution in [0.15, 0.2) is 66.9 Å². The fourth-order valence-corrected chi connectivity index (χ4v) is 4.96. The van der Waals surface area contributed by atoms with Gasteiger partial charge in [0.2, 0.25) is 0 Å². The van der Waals surface area contributed by atoms with Crippen molar-refractivity contribution in [3.63, 3.8) is 0 Å². The highest BCUT2D eigenvalue weighted by atomic mass is 16.5.